The van der Waals surface area contributed by atoms with E-state index in [1.807, 2.05) is 0 Å². The maximum Gasteiger partial charge on any atom is 0.262 e. The van der Waals surface area contributed by atoms with Crippen LogP contribution in [0.15, 0.2) is 17.0 Å². The number of halogens is 3. The Hall–Kier alpha value is -0.490. The van der Waals surface area contributed by atoms with Gasteiger partial charge in [-0.05, 0) is 25.0 Å². The van der Waals surface area contributed by atoms with Crippen LogP contribution in [-0.4, -0.2) is 32.3 Å². The summed E-state index contributed by atoms with van der Waals surface area (Å²) in [6.45, 7) is 1.31. The molecule has 0 atom stereocenters. The Bertz CT molecular complexity index is 653. The molecule has 8 heteroatoms. The van der Waals surface area contributed by atoms with Gasteiger partial charge < -0.3 is 4.90 Å². The van der Waals surface area contributed by atoms with Crippen molar-refractivity contribution in [1.29, 1.82) is 0 Å². The molecule has 1 aromatic carbocycles. The van der Waals surface area contributed by atoms with Gasteiger partial charge in [0.2, 0.25) is 0 Å². The van der Waals surface area contributed by atoms with E-state index in [1.54, 1.807) is 4.90 Å². The lowest BCUT2D eigenvalue weighted by Crippen LogP contribution is -2.31. The van der Waals surface area contributed by atoms with Crippen molar-refractivity contribution in [3.8, 4) is 0 Å². The summed E-state index contributed by atoms with van der Waals surface area (Å²) in [5.74, 6) is -0.253. The zero-order chi connectivity index (χ0) is 15.6. The zero-order valence-electron chi connectivity index (χ0n) is 11.1. The highest BCUT2D eigenvalue weighted by atomic mass is 35.7. The molecule has 0 N–H and O–H groups in total. The summed E-state index contributed by atoms with van der Waals surface area (Å²) >= 11 is 11.8. The molecule has 1 fully saturated rings. The number of hydrogen-bond acceptors (Lipinski definition) is 3. The van der Waals surface area contributed by atoms with Crippen molar-refractivity contribution >= 4 is 48.8 Å². The molecule has 1 saturated heterocycles. The van der Waals surface area contributed by atoms with Gasteiger partial charge in [-0.1, -0.05) is 36.0 Å². The van der Waals surface area contributed by atoms with Gasteiger partial charge in [0.1, 0.15) is 4.90 Å². The van der Waals surface area contributed by atoms with E-state index in [1.165, 1.54) is 12.1 Å². The molecular formula is C13H14Cl3NO3S. The molecule has 1 aromatic rings. The highest BCUT2D eigenvalue weighted by molar-refractivity contribution is 8.13. The summed E-state index contributed by atoms with van der Waals surface area (Å²) in [6, 6.07) is 2.56. The van der Waals surface area contributed by atoms with E-state index >= 15 is 0 Å². The molecule has 21 heavy (non-hydrogen) atoms. The third kappa shape index (κ3) is 4.03. The zero-order valence-corrected chi connectivity index (χ0v) is 14.2. The quantitative estimate of drug-likeness (QED) is 0.741. The topological polar surface area (TPSA) is 54.5 Å². The fourth-order valence-corrected chi connectivity index (χ4v) is 4.09. The van der Waals surface area contributed by atoms with E-state index in [2.05, 4.69) is 0 Å². The van der Waals surface area contributed by atoms with Crippen molar-refractivity contribution in [2.24, 2.45) is 0 Å². The lowest BCUT2D eigenvalue weighted by molar-refractivity contribution is 0.0761. The molecule has 1 aliphatic rings. The highest BCUT2D eigenvalue weighted by Gasteiger charge is 2.23. The van der Waals surface area contributed by atoms with Crippen molar-refractivity contribution in [2.75, 3.05) is 13.1 Å². The van der Waals surface area contributed by atoms with Gasteiger partial charge >= 0.3 is 0 Å². The molecule has 1 amide bonds. The molecule has 1 aliphatic heterocycles. The minimum atomic E-state index is -4.06. The first-order valence-electron chi connectivity index (χ1n) is 6.53. The third-order valence-electron chi connectivity index (χ3n) is 3.40. The van der Waals surface area contributed by atoms with Gasteiger partial charge in [0, 0.05) is 29.3 Å². The molecule has 0 radical (unpaired) electrons. The van der Waals surface area contributed by atoms with Crippen molar-refractivity contribution in [2.45, 2.75) is 30.6 Å². The summed E-state index contributed by atoms with van der Waals surface area (Å²) in [5, 5.41) is -0.171. The van der Waals surface area contributed by atoms with Gasteiger partial charge in [0.25, 0.3) is 15.0 Å². The smallest absolute Gasteiger partial charge is 0.262 e. The predicted molar refractivity (Wildman–Crippen MR) is 83.9 cm³/mol. The molecule has 0 saturated carbocycles. The predicted octanol–water partition coefficient (Wildman–Crippen LogP) is 3.94. The molecular weight excluding hydrogens is 357 g/mol. The number of nitrogens with zero attached hydrogens (tertiary/aromatic N) is 1. The second kappa shape index (κ2) is 6.73. The van der Waals surface area contributed by atoms with Gasteiger partial charge in [0.15, 0.2) is 0 Å². The van der Waals surface area contributed by atoms with Crippen LogP contribution < -0.4 is 0 Å². The maximum absolute atomic E-state index is 12.5. The summed E-state index contributed by atoms with van der Waals surface area (Å²) in [5.41, 5.74) is 0.186. The lowest BCUT2D eigenvalue weighted by Gasteiger charge is -2.20. The number of amides is 1. The lowest BCUT2D eigenvalue weighted by atomic mass is 10.2. The van der Waals surface area contributed by atoms with Crippen LogP contribution in [0.4, 0.5) is 0 Å². The number of rotatable bonds is 2. The summed E-state index contributed by atoms with van der Waals surface area (Å²) in [4.78, 5) is 13.9. The van der Waals surface area contributed by atoms with Gasteiger partial charge in [-0.2, -0.15) is 0 Å². The standard InChI is InChI=1S/C13H14Cl3NO3S/c14-10-7-9(8-11(12(10)15)21(16,19)20)13(18)17-5-3-1-2-4-6-17/h7-8H,1-6H2. The van der Waals surface area contributed by atoms with Gasteiger partial charge in [-0.25, -0.2) is 8.42 Å². The third-order valence-corrected chi connectivity index (χ3v) is 5.66. The number of carbonyl (C=O) groups is 1. The van der Waals surface area contributed by atoms with E-state index < -0.39 is 9.05 Å². The van der Waals surface area contributed by atoms with Crippen molar-refractivity contribution < 1.29 is 13.2 Å². The highest BCUT2D eigenvalue weighted by Crippen LogP contribution is 2.33. The summed E-state index contributed by atoms with van der Waals surface area (Å²) < 4.78 is 23.0. The Morgan fingerprint density at radius 1 is 1.05 bits per heavy atom. The van der Waals surface area contributed by atoms with E-state index in [0.29, 0.717) is 13.1 Å². The van der Waals surface area contributed by atoms with Gasteiger partial charge in [-0.3, -0.25) is 4.79 Å². The van der Waals surface area contributed by atoms with Crippen LogP contribution in [-0.2, 0) is 9.05 Å². The monoisotopic (exact) mass is 369 g/mol. The minimum Gasteiger partial charge on any atom is -0.339 e. The Kier molecular flexibility index (Phi) is 5.41. The Morgan fingerprint density at radius 3 is 2.14 bits per heavy atom. The summed E-state index contributed by atoms with van der Waals surface area (Å²) in [7, 11) is 1.26. The molecule has 0 aliphatic carbocycles. The molecule has 116 valence electrons. The average Bonchev–Trinajstić information content (AvgIpc) is 2.68. The Balaban J connectivity index is 2.39. The molecule has 2 rings (SSSR count). The number of likely N-dealkylation sites (tertiary alicyclic amines) is 1. The molecule has 0 spiro atoms. The summed E-state index contributed by atoms with van der Waals surface area (Å²) in [6.07, 6.45) is 4.06. The second-order valence-electron chi connectivity index (χ2n) is 4.91. The number of carbonyl (C=O) groups excluding carboxylic acids is 1. The van der Waals surface area contributed by atoms with E-state index in [0.717, 1.165) is 25.7 Å². The van der Waals surface area contributed by atoms with Crippen LogP contribution in [0, 0.1) is 0 Å². The van der Waals surface area contributed by atoms with Gasteiger partial charge in [-0.15, -0.1) is 0 Å². The van der Waals surface area contributed by atoms with Crippen LogP contribution >= 0.6 is 33.9 Å². The van der Waals surface area contributed by atoms with Crippen LogP contribution in [0.1, 0.15) is 36.0 Å². The van der Waals surface area contributed by atoms with E-state index in [9.17, 15) is 13.2 Å². The molecule has 1 heterocycles. The largest absolute Gasteiger partial charge is 0.339 e. The fraction of sp³-hybridized carbons (Fsp3) is 0.462. The van der Waals surface area contributed by atoms with E-state index in [4.69, 9.17) is 33.9 Å². The average molecular weight is 371 g/mol. The van der Waals surface area contributed by atoms with Crippen LogP contribution in [0.5, 0.6) is 0 Å². The second-order valence-corrected chi connectivity index (χ2v) is 8.23. The molecule has 4 nitrogen and oxygen atoms in total. The van der Waals surface area contributed by atoms with Crippen LogP contribution in [0.25, 0.3) is 0 Å². The maximum atomic E-state index is 12.5. The fourth-order valence-electron chi connectivity index (χ4n) is 2.32. The SMILES string of the molecule is O=C(c1cc(Cl)c(Cl)c(S(=O)(=O)Cl)c1)N1CCCCCC1. The normalized spacial score (nSPS) is 16.6. The Morgan fingerprint density at radius 2 is 1.62 bits per heavy atom. The van der Waals surface area contributed by atoms with Crippen molar-refractivity contribution in [3.63, 3.8) is 0 Å². The van der Waals surface area contributed by atoms with Crippen molar-refractivity contribution in [1.82, 2.24) is 4.90 Å². The van der Waals surface area contributed by atoms with Gasteiger partial charge in [0.05, 0.1) is 10.0 Å². The Labute approximate surface area is 138 Å². The number of benzene rings is 1. The molecule has 0 aromatic heterocycles. The van der Waals surface area contributed by atoms with E-state index in [-0.39, 0.29) is 26.4 Å². The molecule has 0 unspecified atom stereocenters. The molecule has 0 bridgehead atoms. The van der Waals surface area contributed by atoms with Crippen LogP contribution in [0.2, 0.25) is 10.0 Å². The van der Waals surface area contributed by atoms with Crippen LogP contribution in [0.3, 0.4) is 0 Å². The van der Waals surface area contributed by atoms with Crippen molar-refractivity contribution in [3.05, 3.63) is 27.7 Å². The first kappa shape index (κ1) is 16.9. The first-order chi connectivity index (χ1) is 9.80. The minimum absolute atomic E-state index is 0.00318. The first-order valence-corrected chi connectivity index (χ1v) is 9.60. The number of hydrogen-bond donors (Lipinski definition) is 0.